The normalized spacial score (nSPS) is 25.1. The van der Waals surface area contributed by atoms with Crippen LogP contribution < -0.4 is 4.74 Å². The van der Waals surface area contributed by atoms with Gasteiger partial charge in [-0.1, -0.05) is 12.1 Å². The highest BCUT2D eigenvalue weighted by molar-refractivity contribution is 6.31. The highest BCUT2D eigenvalue weighted by Crippen LogP contribution is 2.51. The number of methoxy groups -OCH3 is 1. The Balaban J connectivity index is 1.66. The van der Waals surface area contributed by atoms with Gasteiger partial charge in [-0.15, -0.1) is 0 Å². The largest absolute Gasteiger partial charge is 0.507 e. The molecular weight excluding hydrogens is 472 g/mol. The first-order valence-corrected chi connectivity index (χ1v) is 11.7. The Morgan fingerprint density at radius 1 is 1.08 bits per heavy atom. The number of aromatic hydroxyl groups is 2. The van der Waals surface area contributed by atoms with Crippen molar-refractivity contribution in [3.63, 3.8) is 0 Å². The fourth-order valence-corrected chi connectivity index (χ4v) is 5.38. The third-order valence-corrected chi connectivity index (χ3v) is 7.17. The molecule has 2 aromatic rings. The summed E-state index contributed by atoms with van der Waals surface area (Å²) >= 11 is 0. The van der Waals surface area contributed by atoms with E-state index in [4.69, 9.17) is 14.2 Å². The second-order valence-electron chi connectivity index (χ2n) is 9.26. The minimum atomic E-state index is -0.979. The number of aliphatic hydroxyl groups is 2. The molecule has 1 heterocycles. The Labute approximate surface area is 206 Å². The molecule has 0 spiro atoms. The molecule has 3 aliphatic rings. The molecule has 4 N–H and O–H groups in total. The number of carbonyl (C=O) groups is 3. The molecule has 10 heteroatoms. The molecular formula is C26H26O10. The standard InChI is InChI=1S/C26H26O10/c1-34-16-4-2-3-13-19(16)25(32)22-21(23(13)30)24(31)14-7-11(15(29)9-27)8-17(20(14)26(22)33)36-18-6-5-12(28)10-35-18/h2-4,11-12,17-18,27-28,31,33H,5-10H2,1H3/t11?,12?,17?,18-/m1/s1. The van der Waals surface area contributed by atoms with Crippen LogP contribution in [-0.2, 0) is 20.7 Å². The molecule has 1 aliphatic heterocycles. The number of hydrogen-bond donors (Lipinski definition) is 4. The maximum Gasteiger partial charge on any atom is 0.202 e. The Kier molecular flexibility index (Phi) is 6.29. The lowest BCUT2D eigenvalue weighted by Gasteiger charge is -2.36. The van der Waals surface area contributed by atoms with Crippen molar-refractivity contribution in [2.24, 2.45) is 5.92 Å². The van der Waals surface area contributed by atoms with E-state index in [-0.39, 0.29) is 58.6 Å². The van der Waals surface area contributed by atoms with Crippen molar-refractivity contribution in [3.8, 4) is 17.2 Å². The highest BCUT2D eigenvalue weighted by Gasteiger charge is 2.44. The van der Waals surface area contributed by atoms with Crippen LogP contribution in [0.4, 0.5) is 0 Å². The number of carbonyl (C=O) groups excluding carboxylic acids is 3. The van der Waals surface area contributed by atoms with Gasteiger partial charge >= 0.3 is 0 Å². The second kappa shape index (κ2) is 9.29. The van der Waals surface area contributed by atoms with Crippen molar-refractivity contribution in [2.75, 3.05) is 20.3 Å². The molecule has 190 valence electrons. The first-order chi connectivity index (χ1) is 17.3. The molecule has 0 aromatic heterocycles. The molecule has 2 aromatic carbocycles. The number of Topliss-reactive ketones (excluding diaryl/α,β-unsaturated/α-hetero) is 1. The molecule has 2 aliphatic carbocycles. The van der Waals surface area contributed by atoms with Crippen LogP contribution in [0.15, 0.2) is 18.2 Å². The monoisotopic (exact) mass is 498 g/mol. The molecule has 4 atom stereocenters. The summed E-state index contributed by atoms with van der Waals surface area (Å²) < 4.78 is 16.9. The molecule has 0 radical (unpaired) electrons. The van der Waals surface area contributed by atoms with Gasteiger partial charge in [-0.05, 0) is 25.3 Å². The number of rotatable bonds is 5. The Hall–Kier alpha value is -3.31. The zero-order chi connectivity index (χ0) is 25.7. The molecule has 1 saturated heterocycles. The van der Waals surface area contributed by atoms with Gasteiger partial charge in [0.1, 0.15) is 23.9 Å². The van der Waals surface area contributed by atoms with Crippen molar-refractivity contribution in [1.29, 1.82) is 0 Å². The number of aliphatic hydroxyl groups excluding tert-OH is 2. The molecule has 3 unspecified atom stereocenters. The van der Waals surface area contributed by atoms with Crippen LogP contribution in [-0.4, -0.2) is 70.5 Å². The maximum absolute atomic E-state index is 13.6. The smallest absolute Gasteiger partial charge is 0.202 e. The van der Waals surface area contributed by atoms with E-state index in [1.54, 1.807) is 6.07 Å². The molecule has 0 bridgehead atoms. The van der Waals surface area contributed by atoms with Crippen LogP contribution in [0.1, 0.15) is 68.3 Å². The summed E-state index contributed by atoms with van der Waals surface area (Å²) in [4.78, 5) is 39.4. The summed E-state index contributed by atoms with van der Waals surface area (Å²) in [7, 11) is 1.36. The van der Waals surface area contributed by atoms with E-state index in [2.05, 4.69) is 0 Å². The molecule has 10 nitrogen and oxygen atoms in total. The zero-order valence-electron chi connectivity index (χ0n) is 19.5. The topological polar surface area (TPSA) is 160 Å². The summed E-state index contributed by atoms with van der Waals surface area (Å²) in [5, 5.41) is 41.8. The van der Waals surface area contributed by atoms with E-state index < -0.39 is 59.9 Å². The summed E-state index contributed by atoms with van der Waals surface area (Å²) in [6, 6.07) is 4.51. The summed E-state index contributed by atoms with van der Waals surface area (Å²) in [6.07, 6.45) is -1.59. The van der Waals surface area contributed by atoms with E-state index >= 15 is 0 Å². The van der Waals surface area contributed by atoms with Gasteiger partial charge in [-0.2, -0.15) is 0 Å². The van der Waals surface area contributed by atoms with Crippen molar-refractivity contribution in [2.45, 2.75) is 44.2 Å². The number of ketones is 3. The molecule has 1 fully saturated rings. The highest BCUT2D eigenvalue weighted by atomic mass is 16.7. The zero-order valence-corrected chi connectivity index (χ0v) is 19.5. The SMILES string of the molecule is COc1cccc2c1C(=O)c1c(O)c3c(c(O)c1C2=O)CC(C(=O)CO)CC3O[C@@H]1CCC(O)CO1. The number of hydrogen-bond acceptors (Lipinski definition) is 10. The Bertz CT molecular complexity index is 1260. The fraction of sp³-hybridized carbons (Fsp3) is 0.423. The van der Waals surface area contributed by atoms with Gasteiger partial charge in [0.2, 0.25) is 5.78 Å². The van der Waals surface area contributed by atoms with Gasteiger partial charge in [-0.25, -0.2) is 0 Å². The van der Waals surface area contributed by atoms with Crippen molar-refractivity contribution in [1.82, 2.24) is 0 Å². The summed E-state index contributed by atoms with van der Waals surface area (Å²) in [5.41, 5.74) is -0.473. The number of benzene rings is 2. The van der Waals surface area contributed by atoms with E-state index in [9.17, 15) is 34.8 Å². The third kappa shape index (κ3) is 3.77. The van der Waals surface area contributed by atoms with Crippen LogP contribution in [0, 0.1) is 5.92 Å². The molecule has 5 rings (SSSR count). The summed E-state index contributed by atoms with van der Waals surface area (Å²) in [5.74, 6) is -3.44. The number of phenolic OH excluding ortho intramolecular Hbond substituents is 2. The number of fused-ring (bicyclic) bond motifs is 3. The van der Waals surface area contributed by atoms with Gasteiger partial charge in [0.15, 0.2) is 17.9 Å². The van der Waals surface area contributed by atoms with Crippen molar-refractivity contribution >= 4 is 17.3 Å². The maximum atomic E-state index is 13.6. The van der Waals surface area contributed by atoms with E-state index in [0.717, 1.165) is 0 Å². The molecule has 0 amide bonds. The van der Waals surface area contributed by atoms with Gasteiger partial charge in [-0.3, -0.25) is 14.4 Å². The molecule has 0 saturated carbocycles. The predicted octanol–water partition coefficient (Wildman–Crippen LogP) is 1.56. The third-order valence-electron chi connectivity index (χ3n) is 7.17. The summed E-state index contributed by atoms with van der Waals surface area (Å²) in [6.45, 7) is -0.671. The minimum Gasteiger partial charge on any atom is -0.507 e. The lowest BCUT2D eigenvalue weighted by atomic mass is 9.73. The van der Waals surface area contributed by atoms with Gasteiger partial charge < -0.3 is 34.6 Å². The van der Waals surface area contributed by atoms with Crippen molar-refractivity contribution < 1.29 is 49.0 Å². The van der Waals surface area contributed by atoms with E-state index in [0.29, 0.717) is 12.8 Å². The van der Waals surface area contributed by atoms with E-state index in [1.165, 1.54) is 19.2 Å². The van der Waals surface area contributed by atoms with E-state index in [1.807, 2.05) is 0 Å². The van der Waals surface area contributed by atoms with Crippen molar-refractivity contribution in [3.05, 3.63) is 51.6 Å². The second-order valence-corrected chi connectivity index (χ2v) is 9.26. The number of phenols is 2. The van der Waals surface area contributed by atoms with Crippen LogP contribution in [0.25, 0.3) is 0 Å². The minimum absolute atomic E-state index is 0.0154. The Morgan fingerprint density at radius 2 is 1.83 bits per heavy atom. The van der Waals surface area contributed by atoms with Gasteiger partial charge in [0.05, 0.1) is 42.6 Å². The fourth-order valence-electron chi connectivity index (χ4n) is 5.38. The number of ether oxygens (including phenoxy) is 3. The lowest BCUT2D eigenvalue weighted by Crippen LogP contribution is -2.35. The van der Waals surface area contributed by atoms with Crippen LogP contribution in [0.2, 0.25) is 0 Å². The first kappa shape index (κ1) is 24.4. The lowest BCUT2D eigenvalue weighted by molar-refractivity contribution is -0.213. The predicted molar refractivity (Wildman–Crippen MR) is 122 cm³/mol. The average molecular weight is 498 g/mol. The van der Waals surface area contributed by atoms with Gasteiger partial charge in [0, 0.05) is 29.0 Å². The quantitative estimate of drug-likeness (QED) is 0.380. The van der Waals surface area contributed by atoms with Crippen LogP contribution in [0.5, 0.6) is 17.2 Å². The molecule has 36 heavy (non-hydrogen) atoms. The van der Waals surface area contributed by atoms with Gasteiger partial charge in [0.25, 0.3) is 0 Å². The van der Waals surface area contributed by atoms with Crippen LogP contribution >= 0.6 is 0 Å². The first-order valence-electron chi connectivity index (χ1n) is 11.7. The van der Waals surface area contributed by atoms with Crippen LogP contribution in [0.3, 0.4) is 0 Å². The average Bonchev–Trinajstić information content (AvgIpc) is 2.89. The Morgan fingerprint density at radius 3 is 2.50 bits per heavy atom.